The molecule has 1 aromatic carbocycles. The lowest BCUT2D eigenvalue weighted by Gasteiger charge is -2.41. The predicted octanol–water partition coefficient (Wildman–Crippen LogP) is 3.83. The minimum atomic E-state index is -0.632. The smallest absolute Gasteiger partial charge is 0.309 e. The minimum Gasteiger partial charge on any atom is -0.508 e. The van der Waals surface area contributed by atoms with E-state index in [4.69, 9.17) is 14.2 Å². The van der Waals surface area contributed by atoms with Gasteiger partial charge in [-0.15, -0.1) is 0 Å². The maximum absolute atomic E-state index is 14.3. The van der Waals surface area contributed by atoms with Gasteiger partial charge in [0.15, 0.2) is 0 Å². The van der Waals surface area contributed by atoms with Gasteiger partial charge in [-0.25, -0.2) is 4.39 Å². The lowest BCUT2D eigenvalue weighted by Crippen LogP contribution is -2.61. The number of halogens is 1. The van der Waals surface area contributed by atoms with Crippen LogP contribution >= 0.6 is 0 Å². The number of carbonyl (C=O) groups is 2. The summed E-state index contributed by atoms with van der Waals surface area (Å²) in [6, 6.07) is 4.42. The SMILES string of the molecule is CC(C)(C)OC(=O)C1CCC2(COCC(=O)N2)C1COC1CCC(c2c(O)cccc2F)CC1. The molecule has 3 fully saturated rings. The molecule has 2 N–H and O–H groups in total. The van der Waals surface area contributed by atoms with E-state index < -0.39 is 11.1 Å². The number of rotatable bonds is 5. The number of benzene rings is 1. The lowest BCUT2D eigenvalue weighted by atomic mass is 9.81. The number of nitrogens with one attached hydrogen (secondary N) is 1. The fourth-order valence-electron chi connectivity index (χ4n) is 5.82. The zero-order chi connectivity index (χ0) is 24.5. The van der Waals surface area contributed by atoms with Crippen molar-refractivity contribution in [2.75, 3.05) is 19.8 Å². The molecule has 2 saturated carbocycles. The molecule has 1 amide bonds. The second kappa shape index (κ2) is 9.82. The molecule has 4 rings (SSSR count). The Labute approximate surface area is 200 Å². The van der Waals surface area contributed by atoms with Gasteiger partial charge in [-0.2, -0.15) is 0 Å². The van der Waals surface area contributed by atoms with Crippen molar-refractivity contribution < 1.29 is 33.3 Å². The fraction of sp³-hybridized carbons (Fsp3) is 0.692. The Morgan fingerprint density at radius 2 is 1.97 bits per heavy atom. The predicted molar refractivity (Wildman–Crippen MR) is 123 cm³/mol. The van der Waals surface area contributed by atoms with Crippen LogP contribution in [0.15, 0.2) is 18.2 Å². The molecule has 7 nitrogen and oxygen atoms in total. The van der Waals surface area contributed by atoms with Crippen LogP contribution in [-0.2, 0) is 23.8 Å². The summed E-state index contributed by atoms with van der Waals surface area (Å²) in [5.41, 5.74) is -0.836. The second-order valence-electron chi connectivity index (χ2n) is 11.0. The van der Waals surface area contributed by atoms with Gasteiger partial charge < -0.3 is 24.6 Å². The van der Waals surface area contributed by atoms with Crippen LogP contribution in [0.2, 0.25) is 0 Å². The summed E-state index contributed by atoms with van der Waals surface area (Å²) in [4.78, 5) is 25.2. The first-order valence-corrected chi connectivity index (χ1v) is 12.3. The van der Waals surface area contributed by atoms with Gasteiger partial charge in [-0.3, -0.25) is 9.59 Å². The van der Waals surface area contributed by atoms with Crippen LogP contribution in [0.5, 0.6) is 5.75 Å². The monoisotopic (exact) mass is 477 g/mol. The van der Waals surface area contributed by atoms with Gasteiger partial charge in [-0.1, -0.05) is 6.07 Å². The van der Waals surface area contributed by atoms with Gasteiger partial charge in [0.05, 0.1) is 30.8 Å². The molecule has 188 valence electrons. The van der Waals surface area contributed by atoms with Crippen LogP contribution < -0.4 is 5.32 Å². The Morgan fingerprint density at radius 1 is 1.24 bits per heavy atom. The van der Waals surface area contributed by atoms with Crippen LogP contribution in [0.3, 0.4) is 0 Å². The first-order valence-electron chi connectivity index (χ1n) is 12.3. The first-order chi connectivity index (χ1) is 16.1. The molecule has 0 bridgehead atoms. The number of carbonyl (C=O) groups excluding carboxylic acids is 2. The molecule has 3 aliphatic rings. The third-order valence-electron chi connectivity index (χ3n) is 7.41. The molecule has 1 saturated heterocycles. The van der Waals surface area contributed by atoms with E-state index >= 15 is 0 Å². The number of phenols is 1. The van der Waals surface area contributed by atoms with Crippen molar-refractivity contribution in [1.82, 2.24) is 5.32 Å². The summed E-state index contributed by atoms with van der Waals surface area (Å²) in [5, 5.41) is 13.2. The van der Waals surface area contributed by atoms with Gasteiger partial charge in [-0.05, 0) is 77.3 Å². The van der Waals surface area contributed by atoms with Gasteiger partial charge in [0, 0.05) is 11.5 Å². The zero-order valence-electron chi connectivity index (χ0n) is 20.3. The van der Waals surface area contributed by atoms with Crippen molar-refractivity contribution in [2.24, 2.45) is 11.8 Å². The molecule has 8 heteroatoms. The van der Waals surface area contributed by atoms with Crippen molar-refractivity contribution in [3.05, 3.63) is 29.6 Å². The van der Waals surface area contributed by atoms with Crippen LogP contribution in [0, 0.1) is 17.7 Å². The summed E-state index contributed by atoms with van der Waals surface area (Å²) >= 11 is 0. The average Bonchev–Trinajstić information content (AvgIpc) is 3.09. The number of aromatic hydroxyl groups is 1. The number of hydrogen-bond acceptors (Lipinski definition) is 6. The molecule has 1 aromatic rings. The van der Waals surface area contributed by atoms with Crippen molar-refractivity contribution in [1.29, 1.82) is 0 Å². The highest BCUT2D eigenvalue weighted by atomic mass is 19.1. The average molecular weight is 478 g/mol. The van der Waals surface area contributed by atoms with Gasteiger partial charge in [0.1, 0.15) is 23.8 Å². The summed E-state index contributed by atoms with van der Waals surface area (Å²) in [6.07, 6.45) is 4.11. The third kappa shape index (κ3) is 5.38. The number of morpholine rings is 1. The van der Waals surface area contributed by atoms with E-state index in [0.29, 0.717) is 44.5 Å². The number of amides is 1. The van der Waals surface area contributed by atoms with E-state index in [0.717, 1.165) is 12.8 Å². The highest BCUT2D eigenvalue weighted by molar-refractivity contribution is 5.80. The van der Waals surface area contributed by atoms with Gasteiger partial charge in [0.25, 0.3) is 0 Å². The molecule has 0 aromatic heterocycles. The van der Waals surface area contributed by atoms with Crippen LogP contribution in [0.25, 0.3) is 0 Å². The zero-order valence-corrected chi connectivity index (χ0v) is 20.3. The highest BCUT2D eigenvalue weighted by Crippen LogP contribution is 2.44. The van der Waals surface area contributed by atoms with Crippen LogP contribution in [0.4, 0.5) is 4.39 Å². The second-order valence-corrected chi connectivity index (χ2v) is 11.0. The van der Waals surface area contributed by atoms with Crippen molar-refractivity contribution in [3.63, 3.8) is 0 Å². The Bertz CT molecular complexity index is 887. The maximum atomic E-state index is 14.3. The van der Waals surface area contributed by atoms with E-state index in [9.17, 15) is 19.1 Å². The normalized spacial score (nSPS) is 31.9. The van der Waals surface area contributed by atoms with E-state index in [1.54, 1.807) is 0 Å². The Balaban J connectivity index is 1.41. The molecule has 34 heavy (non-hydrogen) atoms. The largest absolute Gasteiger partial charge is 0.508 e. The van der Waals surface area contributed by atoms with E-state index in [-0.39, 0.29) is 53.9 Å². The van der Waals surface area contributed by atoms with Crippen molar-refractivity contribution in [3.8, 4) is 5.75 Å². The molecular weight excluding hydrogens is 441 g/mol. The number of ether oxygens (including phenoxy) is 3. The molecule has 3 unspecified atom stereocenters. The van der Waals surface area contributed by atoms with Gasteiger partial charge in [0.2, 0.25) is 5.91 Å². The minimum absolute atomic E-state index is 0.00510. The Morgan fingerprint density at radius 3 is 2.62 bits per heavy atom. The first kappa shape index (κ1) is 24.9. The third-order valence-corrected chi connectivity index (χ3v) is 7.41. The summed E-state index contributed by atoms with van der Waals surface area (Å²) < 4.78 is 31.8. The molecule has 1 heterocycles. The van der Waals surface area contributed by atoms with Crippen LogP contribution in [-0.4, -0.2) is 54.0 Å². The summed E-state index contributed by atoms with van der Waals surface area (Å²) in [7, 11) is 0. The quantitative estimate of drug-likeness (QED) is 0.626. The van der Waals surface area contributed by atoms with E-state index in [2.05, 4.69) is 5.32 Å². The molecular formula is C26H36FNO6. The van der Waals surface area contributed by atoms with Gasteiger partial charge >= 0.3 is 5.97 Å². The van der Waals surface area contributed by atoms with E-state index in [1.165, 1.54) is 18.2 Å². The molecule has 2 aliphatic carbocycles. The number of esters is 1. The standard InChI is InChI=1S/C26H36FNO6/c1-25(2,3)34-24(31)18-11-12-26(15-32-14-22(30)28-26)19(18)13-33-17-9-7-16(8-10-17)23-20(27)5-4-6-21(23)29/h4-6,16-19,29H,7-15H2,1-3H3,(H,28,30). The highest BCUT2D eigenvalue weighted by Gasteiger charge is 2.54. The molecule has 1 aliphatic heterocycles. The van der Waals surface area contributed by atoms with Crippen molar-refractivity contribution in [2.45, 2.75) is 82.5 Å². The molecule has 0 radical (unpaired) electrons. The summed E-state index contributed by atoms with van der Waals surface area (Å²) in [5.74, 6) is -1.48. The number of phenolic OH excluding ortho intramolecular Hbond substituents is 1. The maximum Gasteiger partial charge on any atom is 0.309 e. The van der Waals surface area contributed by atoms with Crippen molar-refractivity contribution >= 4 is 11.9 Å². The fourth-order valence-corrected chi connectivity index (χ4v) is 5.82. The summed E-state index contributed by atoms with van der Waals surface area (Å²) in [6.45, 7) is 6.23. The topological polar surface area (TPSA) is 94.1 Å². The van der Waals surface area contributed by atoms with E-state index in [1.807, 2.05) is 20.8 Å². The Kier molecular flexibility index (Phi) is 7.20. The Hall–Kier alpha value is -2.19. The molecule has 1 spiro atoms. The van der Waals surface area contributed by atoms with Crippen LogP contribution in [0.1, 0.15) is 70.8 Å². The number of hydrogen-bond donors (Lipinski definition) is 2. The lowest BCUT2D eigenvalue weighted by molar-refractivity contribution is -0.165. The molecule has 3 atom stereocenters.